The van der Waals surface area contributed by atoms with Crippen LogP contribution in [-0.2, 0) is 27.7 Å². The van der Waals surface area contributed by atoms with E-state index in [1.165, 1.54) is 11.3 Å². The summed E-state index contributed by atoms with van der Waals surface area (Å²) in [6.45, 7) is 2.13. The lowest BCUT2D eigenvalue weighted by atomic mass is 9.90. The molecule has 1 aliphatic rings. The standard InChI is InChI=1S/C20H23FN2O6S2/c1-12-4-7-17-13(9-12)10-18(30-17)20(26)22-23-31(27,28)14-5-6-16(15(21)11-14)29-8-2-3-19(24)25/h5-6,10-12,23H,2-4,7-9H2,1H3,(H,22,26)(H,24,25). The number of carbonyl (C=O) groups is 2. The normalized spacial score (nSPS) is 15.9. The summed E-state index contributed by atoms with van der Waals surface area (Å²) in [6.07, 6.45) is 2.93. The van der Waals surface area contributed by atoms with E-state index in [4.69, 9.17) is 9.84 Å². The molecule has 0 saturated carbocycles. The molecular weight excluding hydrogens is 447 g/mol. The summed E-state index contributed by atoms with van der Waals surface area (Å²) in [6, 6.07) is 4.83. The highest BCUT2D eigenvalue weighted by molar-refractivity contribution is 7.89. The molecule has 0 bridgehead atoms. The number of hydrogen-bond donors (Lipinski definition) is 3. The van der Waals surface area contributed by atoms with Gasteiger partial charge in [0.1, 0.15) is 0 Å². The van der Waals surface area contributed by atoms with Crippen molar-refractivity contribution in [3.63, 3.8) is 0 Å². The Balaban J connectivity index is 1.59. The molecule has 0 fully saturated rings. The maximum Gasteiger partial charge on any atom is 0.303 e. The lowest BCUT2D eigenvalue weighted by molar-refractivity contribution is -0.137. The Hall–Kier alpha value is -2.50. The molecule has 1 amide bonds. The Morgan fingerprint density at radius 2 is 2.10 bits per heavy atom. The number of sulfonamides is 1. The van der Waals surface area contributed by atoms with E-state index in [1.807, 2.05) is 4.83 Å². The molecule has 168 valence electrons. The molecule has 1 atom stereocenters. The van der Waals surface area contributed by atoms with Crippen LogP contribution in [0, 0.1) is 11.7 Å². The topological polar surface area (TPSA) is 122 Å². The van der Waals surface area contributed by atoms with Crippen molar-refractivity contribution < 1.29 is 32.2 Å². The molecule has 1 heterocycles. The van der Waals surface area contributed by atoms with E-state index in [-0.39, 0.29) is 30.1 Å². The Morgan fingerprint density at radius 3 is 2.81 bits per heavy atom. The van der Waals surface area contributed by atoms with E-state index in [2.05, 4.69) is 12.3 Å². The van der Waals surface area contributed by atoms with Gasteiger partial charge in [0.15, 0.2) is 11.6 Å². The minimum atomic E-state index is -4.20. The van der Waals surface area contributed by atoms with Crippen LogP contribution in [0.3, 0.4) is 0 Å². The average Bonchev–Trinajstić information content (AvgIpc) is 3.13. The molecule has 0 radical (unpaired) electrons. The molecule has 2 aromatic rings. The van der Waals surface area contributed by atoms with Crippen LogP contribution in [0.25, 0.3) is 0 Å². The maximum atomic E-state index is 14.2. The van der Waals surface area contributed by atoms with E-state index in [9.17, 15) is 22.4 Å². The van der Waals surface area contributed by atoms with Crippen LogP contribution < -0.4 is 15.0 Å². The van der Waals surface area contributed by atoms with Crippen molar-refractivity contribution in [1.82, 2.24) is 10.3 Å². The summed E-state index contributed by atoms with van der Waals surface area (Å²) in [7, 11) is -4.20. The smallest absolute Gasteiger partial charge is 0.303 e. The van der Waals surface area contributed by atoms with Crippen molar-refractivity contribution in [2.75, 3.05) is 6.61 Å². The van der Waals surface area contributed by atoms with Crippen molar-refractivity contribution in [3.05, 3.63) is 45.4 Å². The maximum absolute atomic E-state index is 14.2. The van der Waals surface area contributed by atoms with Gasteiger partial charge in [0, 0.05) is 11.3 Å². The van der Waals surface area contributed by atoms with Gasteiger partial charge in [-0.2, -0.15) is 0 Å². The number of nitrogens with one attached hydrogen (secondary N) is 2. The molecule has 11 heteroatoms. The fourth-order valence-corrected chi connectivity index (χ4v) is 5.18. The number of carbonyl (C=O) groups excluding carboxylic acids is 1. The van der Waals surface area contributed by atoms with Gasteiger partial charge in [0.25, 0.3) is 15.9 Å². The summed E-state index contributed by atoms with van der Waals surface area (Å²) >= 11 is 1.35. The monoisotopic (exact) mass is 470 g/mol. The van der Waals surface area contributed by atoms with E-state index >= 15 is 0 Å². The summed E-state index contributed by atoms with van der Waals surface area (Å²) < 4.78 is 44.1. The lowest BCUT2D eigenvalue weighted by Gasteiger charge is -2.16. The third-order valence-electron chi connectivity index (χ3n) is 4.86. The zero-order chi connectivity index (χ0) is 22.6. The van der Waals surface area contributed by atoms with E-state index in [0.717, 1.165) is 47.9 Å². The van der Waals surface area contributed by atoms with Crippen LogP contribution in [-0.4, -0.2) is 32.0 Å². The Morgan fingerprint density at radius 1 is 1.32 bits per heavy atom. The number of halogens is 1. The number of carboxylic acid groups (broad SMARTS) is 1. The van der Waals surface area contributed by atoms with Crippen molar-refractivity contribution in [3.8, 4) is 5.75 Å². The Labute approximate surface area is 183 Å². The third kappa shape index (κ3) is 6.02. The van der Waals surface area contributed by atoms with Gasteiger partial charge in [0.2, 0.25) is 0 Å². The Bertz CT molecular complexity index is 1080. The molecule has 1 unspecified atom stereocenters. The number of fused-ring (bicyclic) bond motifs is 1. The number of hydrogen-bond acceptors (Lipinski definition) is 6. The fraction of sp³-hybridized carbons (Fsp3) is 0.400. The molecule has 0 aliphatic heterocycles. The molecule has 1 aliphatic carbocycles. The number of rotatable bonds is 9. The fourth-order valence-electron chi connectivity index (χ4n) is 3.22. The minimum absolute atomic E-state index is 0.0206. The predicted molar refractivity (Wildman–Crippen MR) is 112 cm³/mol. The quantitative estimate of drug-likeness (QED) is 0.383. The number of carboxylic acids is 1. The summed E-state index contributed by atoms with van der Waals surface area (Å²) in [5.74, 6) is -2.11. The van der Waals surface area contributed by atoms with Crippen molar-refractivity contribution in [1.29, 1.82) is 0 Å². The molecular formula is C20H23FN2O6S2. The number of ether oxygens (including phenoxy) is 1. The SMILES string of the molecule is CC1CCc2sc(C(=O)NNS(=O)(=O)c3ccc(OCCCC(=O)O)c(F)c3)cc2C1. The van der Waals surface area contributed by atoms with E-state index in [0.29, 0.717) is 10.8 Å². The van der Waals surface area contributed by atoms with Gasteiger partial charge in [0.05, 0.1) is 16.4 Å². The van der Waals surface area contributed by atoms with E-state index in [1.54, 1.807) is 6.07 Å². The predicted octanol–water partition coefficient (Wildman–Crippen LogP) is 2.88. The first-order valence-corrected chi connectivity index (χ1v) is 12.0. The first kappa shape index (κ1) is 23.2. The van der Waals surface area contributed by atoms with Gasteiger partial charge >= 0.3 is 5.97 Å². The highest BCUT2D eigenvalue weighted by Crippen LogP contribution is 2.32. The summed E-state index contributed by atoms with van der Waals surface area (Å²) in [4.78, 5) is 26.0. The molecule has 0 spiro atoms. The van der Waals surface area contributed by atoms with Crippen LogP contribution in [0.2, 0.25) is 0 Å². The number of amides is 1. The van der Waals surface area contributed by atoms with Gasteiger partial charge in [-0.1, -0.05) is 6.92 Å². The first-order valence-electron chi connectivity index (χ1n) is 9.73. The highest BCUT2D eigenvalue weighted by Gasteiger charge is 2.22. The highest BCUT2D eigenvalue weighted by atomic mass is 32.2. The van der Waals surface area contributed by atoms with Crippen molar-refractivity contribution in [2.45, 2.75) is 43.9 Å². The molecule has 31 heavy (non-hydrogen) atoms. The second kappa shape index (κ2) is 9.75. The largest absolute Gasteiger partial charge is 0.491 e. The van der Waals surface area contributed by atoms with Crippen LogP contribution in [0.1, 0.15) is 46.3 Å². The molecule has 3 rings (SSSR count). The van der Waals surface area contributed by atoms with E-state index < -0.39 is 27.7 Å². The van der Waals surface area contributed by atoms with Crippen LogP contribution in [0.15, 0.2) is 29.2 Å². The zero-order valence-corrected chi connectivity index (χ0v) is 18.4. The molecule has 8 nitrogen and oxygen atoms in total. The number of benzene rings is 1. The second-order valence-corrected chi connectivity index (χ2v) is 10.2. The molecule has 1 aromatic carbocycles. The average molecular weight is 471 g/mol. The van der Waals surface area contributed by atoms with Gasteiger partial charge in [-0.25, -0.2) is 12.8 Å². The van der Waals surface area contributed by atoms with Crippen molar-refractivity contribution in [2.24, 2.45) is 5.92 Å². The van der Waals surface area contributed by atoms with Crippen LogP contribution >= 0.6 is 11.3 Å². The third-order valence-corrected chi connectivity index (χ3v) is 7.34. The molecule has 0 saturated heterocycles. The summed E-state index contributed by atoms with van der Waals surface area (Å²) in [5.41, 5.74) is 3.29. The number of thiophene rings is 1. The second-order valence-electron chi connectivity index (χ2n) is 7.40. The van der Waals surface area contributed by atoms with Crippen LogP contribution in [0.5, 0.6) is 5.75 Å². The number of aryl methyl sites for hydroxylation is 1. The zero-order valence-electron chi connectivity index (χ0n) is 16.8. The number of aliphatic carboxylic acids is 1. The minimum Gasteiger partial charge on any atom is -0.491 e. The first-order chi connectivity index (χ1) is 14.7. The lowest BCUT2D eigenvalue weighted by Crippen LogP contribution is -2.41. The molecule has 3 N–H and O–H groups in total. The van der Waals surface area contributed by atoms with Gasteiger partial charge in [-0.3, -0.25) is 15.0 Å². The molecule has 1 aromatic heterocycles. The summed E-state index contributed by atoms with van der Waals surface area (Å²) in [5, 5.41) is 8.57. The van der Waals surface area contributed by atoms with Crippen molar-refractivity contribution >= 4 is 33.2 Å². The van der Waals surface area contributed by atoms with Crippen LogP contribution in [0.4, 0.5) is 4.39 Å². The Kier molecular flexibility index (Phi) is 7.29. The van der Waals surface area contributed by atoms with Gasteiger partial charge < -0.3 is 9.84 Å². The van der Waals surface area contributed by atoms with Gasteiger partial charge in [-0.15, -0.1) is 16.2 Å². The number of hydrazine groups is 1. The van der Waals surface area contributed by atoms with Gasteiger partial charge in [-0.05, 0) is 61.4 Å².